The number of anilines is 1. The SMILES string of the molecule is CC(C)c1nc(N2CCN(C)CC2C)sc1CNC1CC1. The van der Waals surface area contributed by atoms with Crippen LogP contribution in [-0.4, -0.2) is 48.6 Å². The van der Waals surface area contributed by atoms with E-state index in [2.05, 4.69) is 42.9 Å². The Morgan fingerprint density at radius 2 is 2.10 bits per heavy atom. The summed E-state index contributed by atoms with van der Waals surface area (Å²) in [6, 6.07) is 1.32. The highest BCUT2D eigenvalue weighted by Gasteiger charge is 2.27. The second kappa shape index (κ2) is 6.23. The van der Waals surface area contributed by atoms with Crippen molar-refractivity contribution in [2.75, 3.05) is 31.6 Å². The van der Waals surface area contributed by atoms with E-state index >= 15 is 0 Å². The zero-order chi connectivity index (χ0) is 15.0. The molecule has 0 amide bonds. The molecule has 1 aliphatic heterocycles. The standard InChI is InChI=1S/C16H28N4S/c1-11(2)15-14(9-17-13-5-6-13)21-16(18-15)20-8-7-19(4)10-12(20)3/h11-13,17H,5-10H2,1-4H3. The van der Waals surface area contributed by atoms with E-state index in [9.17, 15) is 0 Å². The Kier molecular flexibility index (Phi) is 4.52. The van der Waals surface area contributed by atoms with Crippen molar-refractivity contribution in [1.29, 1.82) is 0 Å². The number of hydrogen-bond acceptors (Lipinski definition) is 5. The summed E-state index contributed by atoms with van der Waals surface area (Å²) in [7, 11) is 2.21. The number of rotatable bonds is 5. The number of aromatic nitrogens is 1. The van der Waals surface area contributed by atoms with E-state index in [-0.39, 0.29) is 0 Å². The summed E-state index contributed by atoms with van der Waals surface area (Å²) in [4.78, 5) is 11.3. The van der Waals surface area contributed by atoms with Crippen LogP contribution in [0.2, 0.25) is 0 Å². The van der Waals surface area contributed by atoms with E-state index in [1.54, 1.807) is 0 Å². The zero-order valence-electron chi connectivity index (χ0n) is 13.7. The van der Waals surface area contributed by atoms with Gasteiger partial charge in [0, 0.05) is 43.1 Å². The summed E-state index contributed by atoms with van der Waals surface area (Å²) >= 11 is 1.90. The molecule has 1 aromatic rings. The highest BCUT2D eigenvalue weighted by atomic mass is 32.1. The van der Waals surface area contributed by atoms with Gasteiger partial charge in [-0.2, -0.15) is 0 Å². The Bertz CT molecular complexity index is 481. The number of hydrogen-bond donors (Lipinski definition) is 1. The van der Waals surface area contributed by atoms with E-state index in [1.165, 1.54) is 28.5 Å². The first-order valence-electron chi connectivity index (χ1n) is 8.22. The molecule has 1 aromatic heterocycles. The van der Waals surface area contributed by atoms with Crippen molar-refractivity contribution in [2.24, 2.45) is 0 Å². The van der Waals surface area contributed by atoms with Crippen LogP contribution in [-0.2, 0) is 6.54 Å². The molecule has 3 rings (SSSR count). The molecular formula is C16H28N4S. The lowest BCUT2D eigenvalue weighted by molar-refractivity contribution is 0.275. The normalized spacial score (nSPS) is 24.0. The Morgan fingerprint density at radius 1 is 1.33 bits per heavy atom. The van der Waals surface area contributed by atoms with Gasteiger partial charge in [0.25, 0.3) is 0 Å². The predicted molar refractivity (Wildman–Crippen MR) is 90.4 cm³/mol. The summed E-state index contributed by atoms with van der Waals surface area (Å²) in [6.07, 6.45) is 2.69. The lowest BCUT2D eigenvalue weighted by Gasteiger charge is -2.38. The molecule has 1 atom stereocenters. The molecule has 0 aromatic carbocycles. The maximum absolute atomic E-state index is 4.99. The summed E-state index contributed by atoms with van der Waals surface area (Å²) in [5, 5.41) is 4.87. The minimum absolute atomic E-state index is 0.508. The lowest BCUT2D eigenvalue weighted by atomic mass is 10.1. The second-order valence-electron chi connectivity index (χ2n) is 6.92. The minimum atomic E-state index is 0.508. The topological polar surface area (TPSA) is 31.4 Å². The molecule has 1 saturated heterocycles. The summed E-state index contributed by atoms with van der Waals surface area (Å²) in [5.74, 6) is 0.508. The van der Waals surface area contributed by atoms with E-state index in [4.69, 9.17) is 4.98 Å². The highest BCUT2D eigenvalue weighted by molar-refractivity contribution is 7.15. The van der Waals surface area contributed by atoms with Crippen LogP contribution in [0, 0.1) is 0 Å². The Labute approximate surface area is 132 Å². The van der Waals surface area contributed by atoms with Gasteiger partial charge in [-0.15, -0.1) is 11.3 Å². The summed E-state index contributed by atoms with van der Waals surface area (Å²) in [5.41, 5.74) is 1.30. The van der Waals surface area contributed by atoms with Gasteiger partial charge in [-0.05, 0) is 32.7 Å². The van der Waals surface area contributed by atoms with Crippen LogP contribution in [0.5, 0.6) is 0 Å². The fraction of sp³-hybridized carbons (Fsp3) is 0.812. The Morgan fingerprint density at radius 3 is 2.71 bits per heavy atom. The molecule has 2 fully saturated rings. The van der Waals surface area contributed by atoms with Crippen LogP contribution < -0.4 is 10.2 Å². The molecule has 2 heterocycles. The van der Waals surface area contributed by atoms with Crippen LogP contribution in [0.1, 0.15) is 50.1 Å². The van der Waals surface area contributed by atoms with Crippen molar-refractivity contribution < 1.29 is 0 Å². The molecule has 2 aliphatic rings. The molecule has 5 heteroatoms. The number of nitrogens with zero attached hydrogens (tertiary/aromatic N) is 3. The van der Waals surface area contributed by atoms with Gasteiger partial charge in [0.05, 0.1) is 5.69 Å². The van der Waals surface area contributed by atoms with Gasteiger partial charge in [0.2, 0.25) is 0 Å². The maximum atomic E-state index is 4.99. The largest absolute Gasteiger partial charge is 0.343 e. The maximum Gasteiger partial charge on any atom is 0.186 e. The van der Waals surface area contributed by atoms with Crippen LogP contribution in [0.25, 0.3) is 0 Å². The van der Waals surface area contributed by atoms with Crippen LogP contribution in [0.3, 0.4) is 0 Å². The number of likely N-dealkylation sites (N-methyl/N-ethyl adjacent to an activating group) is 1. The van der Waals surface area contributed by atoms with Gasteiger partial charge >= 0.3 is 0 Å². The number of nitrogens with one attached hydrogen (secondary N) is 1. The quantitative estimate of drug-likeness (QED) is 0.906. The predicted octanol–water partition coefficient (Wildman–Crippen LogP) is 2.66. The van der Waals surface area contributed by atoms with Gasteiger partial charge < -0.3 is 15.1 Å². The first kappa shape index (κ1) is 15.3. The third kappa shape index (κ3) is 3.58. The number of piperazine rings is 1. The average molecular weight is 308 g/mol. The van der Waals surface area contributed by atoms with Crippen LogP contribution in [0.15, 0.2) is 0 Å². The molecule has 1 aliphatic carbocycles. The van der Waals surface area contributed by atoms with Gasteiger partial charge in [-0.3, -0.25) is 0 Å². The monoisotopic (exact) mass is 308 g/mol. The molecule has 0 radical (unpaired) electrons. The first-order chi connectivity index (χ1) is 10.0. The third-order valence-electron chi connectivity index (χ3n) is 4.47. The molecule has 1 saturated carbocycles. The zero-order valence-corrected chi connectivity index (χ0v) is 14.5. The highest BCUT2D eigenvalue weighted by Crippen LogP contribution is 2.33. The van der Waals surface area contributed by atoms with E-state index < -0.39 is 0 Å². The Balaban J connectivity index is 1.76. The van der Waals surface area contributed by atoms with Crippen LogP contribution >= 0.6 is 11.3 Å². The van der Waals surface area contributed by atoms with Crippen molar-refractivity contribution in [3.63, 3.8) is 0 Å². The molecule has 4 nitrogen and oxygen atoms in total. The van der Waals surface area contributed by atoms with Crippen LogP contribution in [0.4, 0.5) is 5.13 Å². The van der Waals surface area contributed by atoms with Gasteiger partial charge in [0.15, 0.2) is 5.13 Å². The smallest absolute Gasteiger partial charge is 0.186 e. The Hall–Kier alpha value is -0.650. The van der Waals surface area contributed by atoms with E-state index in [0.717, 1.165) is 32.2 Å². The third-order valence-corrected chi connectivity index (χ3v) is 5.58. The molecule has 0 bridgehead atoms. The molecule has 0 spiro atoms. The summed E-state index contributed by atoms with van der Waals surface area (Å²) in [6.45, 7) is 11.2. The van der Waals surface area contributed by atoms with E-state index in [1.807, 2.05) is 11.3 Å². The number of thiazole rings is 1. The van der Waals surface area contributed by atoms with Gasteiger partial charge in [-0.25, -0.2) is 4.98 Å². The van der Waals surface area contributed by atoms with Crippen molar-refractivity contribution in [1.82, 2.24) is 15.2 Å². The first-order valence-corrected chi connectivity index (χ1v) is 9.04. The van der Waals surface area contributed by atoms with Gasteiger partial charge in [0.1, 0.15) is 0 Å². The molecule has 1 unspecified atom stereocenters. The van der Waals surface area contributed by atoms with Crippen molar-refractivity contribution in [3.8, 4) is 0 Å². The minimum Gasteiger partial charge on any atom is -0.343 e. The second-order valence-corrected chi connectivity index (χ2v) is 7.98. The van der Waals surface area contributed by atoms with Gasteiger partial charge in [-0.1, -0.05) is 13.8 Å². The van der Waals surface area contributed by atoms with Crippen molar-refractivity contribution in [3.05, 3.63) is 10.6 Å². The molecule has 1 N–H and O–H groups in total. The molecule has 21 heavy (non-hydrogen) atoms. The average Bonchev–Trinajstić information content (AvgIpc) is 3.15. The summed E-state index contributed by atoms with van der Waals surface area (Å²) < 4.78 is 0. The lowest BCUT2D eigenvalue weighted by Crippen LogP contribution is -2.50. The van der Waals surface area contributed by atoms with E-state index in [0.29, 0.717) is 12.0 Å². The van der Waals surface area contributed by atoms with Crippen molar-refractivity contribution >= 4 is 16.5 Å². The fourth-order valence-electron chi connectivity index (χ4n) is 3.00. The van der Waals surface area contributed by atoms with Crippen molar-refractivity contribution in [2.45, 2.75) is 58.2 Å². The molecular weight excluding hydrogens is 280 g/mol. The fourth-order valence-corrected chi connectivity index (χ4v) is 4.29. The molecule has 118 valence electrons.